The Morgan fingerprint density at radius 2 is 2.12 bits per heavy atom. The van der Waals surface area contributed by atoms with Crippen LogP contribution in [0.5, 0.6) is 0 Å². The maximum Gasteiger partial charge on any atom is 0.343 e. The fourth-order valence-corrected chi connectivity index (χ4v) is 3.33. The Hall–Kier alpha value is -2.07. The normalized spacial score (nSPS) is 15.6. The number of nitrogens with zero attached hydrogens (tertiary/aromatic N) is 3. The van der Waals surface area contributed by atoms with Crippen LogP contribution in [0.1, 0.15) is 61.5 Å². The van der Waals surface area contributed by atoms with E-state index in [0.29, 0.717) is 25.1 Å². The number of amides is 1. The lowest BCUT2D eigenvalue weighted by Crippen LogP contribution is -2.46. The third-order valence-electron chi connectivity index (χ3n) is 4.38. The zero-order chi connectivity index (χ0) is 18.4. The van der Waals surface area contributed by atoms with E-state index in [1.165, 1.54) is 0 Å². The van der Waals surface area contributed by atoms with Crippen molar-refractivity contribution in [1.29, 1.82) is 5.26 Å². The molecule has 0 aromatic carbocycles. The van der Waals surface area contributed by atoms with Gasteiger partial charge in [-0.2, -0.15) is 10.4 Å². The molecular weight excluding hydrogens is 344 g/mol. The number of hydrogen-bond donors (Lipinski definition) is 1. The predicted octanol–water partition coefficient (Wildman–Crippen LogP) is 2.75. The van der Waals surface area contributed by atoms with Crippen LogP contribution in [-0.4, -0.2) is 33.8 Å². The molecule has 0 radical (unpaired) electrons. The zero-order valence-corrected chi connectivity index (χ0v) is 15.4. The van der Waals surface area contributed by atoms with Gasteiger partial charge in [-0.05, 0) is 39.0 Å². The lowest BCUT2D eigenvalue weighted by Gasteiger charge is -2.21. The lowest BCUT2D eigenvalue weighted by molar-refractivity contribution is -0.125. The summed E-state index contributed by atoms with van der Waals surface area (Å²) >= 11 is 6.21. The molecule has 0 bridgehead atoms. The Balaban J connectivity index is 1.95. The van der Waals surface area contributed by atoms with Gasteiger partial charge in [0.25, 0.3) is 5.91 Å². The van der Waals surface area contributed by atoms with Gasteiger partial charge in [0.05, 0.1) is 11.8 Å². The zero-order valence-electron chi connectivity index (χ0n) is 14.6. The summed E-state index contributed by atoms with van der Waals surface area (Å²) in [5, 5.41) is 16.4. The molecule has 0 saturated heterocycles. The smallest absolute Gasteiger partial charge is 0.343 e. The van der Waals surface area contributed by atoms with Crippen LogP contribution in [0.4, 0.5) is 0 Å². The highest BCUT2D eigenvalue weighted by Crippen LogP contribution is 2.28. The molecule has 25 heavy (non-hydrogen) atoms. The number of rotatable bonds is 7. The number of aromatic nitrogens is 2. The van der Waals surface area contributed by atoms with Gasteiger partial charge in [-0.3, -0.25) is 9.48 Å². The topological polar surface area (TPSA) is 97.0 Å². The molecule has 1 aromatic rings. The summed E-state index contributed by atoms with van der Waals surface area (Å²) < 4.78 is 6.64. The first-order chi connectivity index (χ1) is 11.9. The maximum atomic E-state index is 12.3. The van der Waals surface area contributed by atoms with Gasteiger partial charge < -0.3 is 10.1 Å². The van der Waals surface area contributed by atoms with Crippen LogP contribution in [0.2, 0.25) is 5.15 Å². The molecule has 136 valence electrons. The summed E-state index contributed by atoms with van der Waals surface area (Å²) in [7, 11) is 0. The van der Waals surface area contributed by atoms with E-state index in [1.54, 1.807) is 11.6 Å². The number of ether oxygens (including phenoxy) is 1. The van der Waals surface area contributed by atoms with E-state index in [9.17, 15) is 14.9 Å². The molecule has 0 aliphatic heterocycles. The Morgan fingerprint density at radius 3 is 2.72 bits per heavy atom. The third kappa shape index (κ3) is 4.51. The second kappa shape index (κ2) is 8.34. The molecule has 1 fully saturated rings. The first kappa shape index (κ1) is 19.3. The number of carbonyl (C=O) groups excluding carboxylic acids is 2. The fraction of sp³-hybridized carbons (Fsp3) is 0.647. The number of unbranched alkanes of at least 4 members (excludes halogenated alkanes) is 1. The molecule has 1 amide bonds. The van der Waals surface area contributed by atoms with Crippen LogP contribution in [0.15, 0.2) is 0 Å². The van der Waals surface area contributed by atoms with Crippen LogP contribution >= 0.6 is 11.6 Å². The standard InChI is InChI=1S/C17H23ClN4O3/c1-3-4-9-22-15(18)14(12(2)21-22)16(24)25-10-13(23)20-17(11-19)7-5-6-8-17/h3-10H2,1-2H3,(H,20,23). The van der Waals surface area contributed by atoms with E-state index in [1.807, 2.05) is 0 Å². The van der Waals surface area contributed by atoms with Crippen LogP contribution in [0.3, 0.4) is 0 Å². The monoisotopic (exact) mass is 366 g/mol. The van der Waals surface area contributed by atoms with Gasteiger partial charge in [-0.25, -0.2) is 4.79 Å². The molecule has 1 heterocycles. The minimum atomic E-state index is -0.831. The number of nitriles is 1. The lowest BCUT2D eigenvalue weighted by atomic mass is 10.00. The Morgan fingerprint density at radius 1 is 1.44 bits per heavy atom. The van der Waals surface area contributed by atoms with Crippen molar-refractivity contribution >= 4 is 23.5 Å². The van der Waals surface area contributed by atoms with Crippen molar-refractivity contribution in [3.8, 4) is 6.07 Å². The highest BCUT2D eigenvalue weighted by molar-refractivity contribution is 6.32. The van der Waals surface area contributed by atoms with E-state index in [4.69, 9.17) is 16.3 Å². The second-order valence-electron chi connectivity index (χ2n) is 6.35. The molecule has 2 rings (SSSR count). The summed E-state index contributed by atoms with van der Waals surface area (Å²) in [6.07, 6.45) is 4.93. The quantitative estimate of drug-likeness (QED) is 0.748. The van der Waals surface area contributed by atoms with Gasteiger partial charge >= 0.3 is 5.97 Å². The predicted molar refractivity (Wildman–Crippen MR) is 92.1 cm³/mol. The number of aryl methyl sites for hydroxylation is 2. The maximum absolute atomic E-state index is 12.3. The average Bonchev–Trinajstić information content (AvgIpc) is 3.16. The number of hydrogen-bond acceptors (Lipinski definition) is 5. The molecule has 1 aliphatic rings. The van der Waals surface area contributed by atoms with Crippen LogP contribution in [-0.2, 0) is 16.1 Å². The van der Waals surface area contributed by atoms with E-state index in [-0.39, 0.29) is 10.7 Å². The molecule has 1 saturated carbocycles. The highest BCUT2D eigenvalue weighted by atomic mass is 35.5. The van der Waals surface area contributed by atoms with Crippen LogP contribution in [0, 0.1) is 18.3 Å². The van der Waals surface area contributed by atoms with Crippen molar-refractivity contribution in [2.75, 3.05) is 6.61 Å². The summed E-state index contributed by atoms with van der Waals surface area (Å²) in [5.41, 5.74) is -0.181. The van der Waals surface area contributed by atoms with E-state index in [2.05, 4.69) is 23.4 Å². The minimum Gasteiger partial charge on any atom is -0.452 e. The molecule has 8 heteroatoms. The fourth-order valence-electron chi connectivity index (χ4n) is 2.99. The minimum absolute atomic E-state index is 0.182. The Bertz CT molecular complexity index is 687. The van der Waals surface area contributed by atoms with Crippen molar-refractivity contribution in [2.24, 2.45) is 0 Å². The van der Waals surface area contributed by atoms with Crippen LogP contribution in [0.25, 0.3) is 0 Å². The molecular formula is C17H23ClN4O3. The van der Waals surface area contributed by atoms with Gasteiger partial charge in [0.1, 0.15) is 16.3 Å². The van der Waals surface area contributed by atoms with E-state index < -0.39 is 24.0 Å². The molecule has 0 atom stereocenters. The number of halogens is 1. The van der Waals surface area contributed by atoms with E-state index in [0.717, 1.165) is 25.7 Å². The van der Waals surface area contributed by atoms with Crippen molar-refractivity contribution in [2.45, 2.75) is 64.5 Å². The van der Waals surface area contributed by atoms with E-state index >= 15 is 0 Å². The molecule has 1 aliphatic carbocycles. The van der Waals surface area contributed by atoms with Gasteiger partial charge in [0, 0.05) is 6.54 Å². The number of carbonyl (C=O) groups is 2. The number of nitrogens with one attached hydrogen (secondary N) is 1. The molecule has 1 aromatic heterocycles. The van der Waals surface area contributed by atoms with Gasteiger partial charge in [-0.15, -0.1) is 0 Å². The highest BCUT2D eigenvalue weighted by Gasteiger charge is 2.35. The first-order valence-electron chi connectivity index (χ1n) is 8.54. The molecule has 0 unspecified atom stereocenters. The van der Waals surface area contributed by atoms with Crippen molar-refractivity contribution in [1.82, 2.24) is 15.1 Å². The van der Waals surface area contributed by atoms with Crippen molar-refractivity contribution in [3.05, 3.63) is 16.4 Å². The summed E-state index contributed by atoms with van der Waals surface area (Å²) in [6, 6.07) is 2.16. The SMILES string of the molecule is CCCCn1nc(C)c(C(=O)OCC(=O)NC2(C#N)CCCC2)c1Cl. The third-order valence-corrected chi connectivity index (χ3v) is 4.76. The number of esters is 1. The van der Waals surface area contributed by atoms with Crippen LogP contribution < -0.4 is 5.32 Å². The van der Waals surface area contributed by atoms with Gasteiger partial charge in [-0.1, -0.05) is 24.9 Å². The average molecular weight is 367 g/mol. The Kier molecular flexibility index (Phi) is 6.43. The first-order valence-corrected chi connectivity index (χ1v) is 8.92. The summed E-state index contributed by atoms with van der Waals surface area (Å²) in [5.74, 6) is -1.17. The van der Waals surface area contributed by atoms with Crippen molar-refractivity contribution in [3.63, 3.8) is 0 Å². The van der Waals surface area contributed by atoms with Gasteiger partial charge in [0.15, 0.2) is 6.61 Å². The van der Waals surface area contributed by atoms with Gasteiger partial charge in [0.2, 0.25) is 0 Å². The summed E-state index contributed by atoms with van der Waals surface area (Å²) in [6.45, 7) is 3.90. The molecule has 7 nitrogen and oxygen atoms in total. The Labute approximate surface area is 152 Å². The molecule has 0 spiro atoms. The largest absolute Gasteiger partial charge is 0.452 e. The summed E-state index contributed by atoms with van der Waals surface area (Å²) in [4.78, 5) is 24.3. The second-order valence-corrected chi connectivity index (χ2v) is 6.71. The molecule has 1 N–H and O–H groups in total. The van der Waals surface area contributed by atoms with Crippen molar-refractivity contribution < 1.29 is 14.3 Å².